The number of halogens is 2. The first-order valence-electron chi connectivity index (χ1n) is 15.7. The van der Waals surface area contributed by atoms with Gasteiger partial charge in [0, 0.05) is 49.1 Å². The van der Waals surface area contributed by atoms with E-state index >= 15 is 0 Å². The Morgan fingerprint density at radius 3 is 2.94 bits per heavy atom. The van der Waals surface area contributed by atoms with E-state index < -0.39 is 17.6 Å². The van der Waals surface area contributed by atoms with Crippen molar-refractivity contribution in [2.45, 2.75) is 43.5 Å². The number of pyridine rings is 1. The number of aryl methyl sites for hydroxylation is 1. The summed E-state index contributed by atoms with van der Waals surface area (Å²) in [5.41, 5.74) is 7.22. The number of thiophene rings is 1. The molecule has 0 bridgehead atoms. The number of nitrogens with zero attached hydrogens (tertiary/aromatic N) is 7. The van der Waals surface area contributed by atoms with E-state index in [1.165, 1.54) is 6.07 Å². The Morgan fingerprint density at radius 2 is 2.11 bits per heavy atom. The van der Waals surface area contributed by atoms with Crippen LogP contribution in [0.15, 0.2) is 24.4 Å². The van der Waals surface area contributed by atoms with Crippen molar-refractivity contribution >= 4 is 54.2 Å². The number of anilines is 2. The van der Waals surface area contributed by atoms with E-state index in [1.807, 2.05) is 22.6 Å². The maximum atomic E-state index is 15.0. The van der Waals surface area contributed by atoms with Crippen LogP contribution in [0.2, 0.25) is 0 Å². The van der Waals surface area contributed by atoms with E-state index in [4.69, 9.17) is 30.2 Å². The van der Waals surface area contributed by atoms with E-state index in [2.05, 4.69) is 11.0 Å². The topological polar surface area (TPSA) is 139 Å². The first-order chi connectivity index (χ1) is 22.6. The Hall–Kier alpha value is -4.16. The molecule has 14 heteroatoms. The molecule has 3 fully saturated rings. The zero-order chi connectivity index (χ0) is 32.7. The summed E-state index contributed by atoms with van der Waals surface area (Å²) in [7, 11) is 1.87. The lowest BCUT2D eigenvalue weighted by Gasteiger charge is -2.31. The minimum Gasteiger partial charge on any atom is -0.461 e. The Bertz CT molecular complexity index is 2110. The van der Waals surface area contributed by atoms with E-state index in [-0.39, 0.29) is 41.9 Å². The Labute approximate surface area is 273 Å². The number of hydrogen-bond acceptors (Lipinski definition) is 11. The lowest BCUT2D eigenvalue weighted by atomic mass is 9.95. The second-order valence-electron chi connectivity index (χ2n) is 13.2. The van der Waals surface area contributed by atoms with Crippen molar-refractivity contribution in [3.05, 3.63) is 35.8 Å². The van der Waals surface area contributed by atoms with Gasteiger partial charge in [0.15, 0.2) is 0 Å². The monoisotopic (exact) mass is 660 g/mol. The number of fused-ring (bicyclic) bond motifs is 5. The average Bonchev–Trinajstić information content (AvgIpc) is 3.72. The predicted molar refractivity (Wildman–Crippen MR) is 176 cm³/mol. The van der Waals surface area contributed by atoms with Gasteiger partial charge in [0.1, 0.15) is 46.7 Å². The van der Waals surface area contributed by atoms with Crippen molar-refractivity contribution in [2.75, 3.05) is 56.6 Å². The van der Waals surface area contributed by atoms with Gasteiger partial charge in [0.05, 0.1) is 52.2 Å². The van der Waals surface area contributed by atoms with Crippen molar-refractivity contribution < 1.29 is 23.4 Å². The fraction of sp³-hybridized carbons (Fsp3) is 0.455. The highest BCUT2D eigenvalue weighted by molar-refractivity contribution is 7.23. The summed E-state index contributed by atoms with van der Waals surface area (Å²) in [6.07, 6.45) is 3.04. The summed E-state index contributed by atoms with van der Waals surface area (Å²) in [5.74, 6) is 0.106. The molecule has 3 N–H and O–H groups in total. The van der Waals surface area contributed by atoms with Crippen LogP contribution in [-0.2, 0) is 11.8 Å². The first-order valence-corrected chi connectivity index (χ1v) is 16.5. The van der Waals surface area contributed by atoms with E-state index in [1.54, 1.807) is 19.2 Å². The van der Waals surface area contributed by atoms with Gasteiger partial charge in [-0.3, -0.25) is 9.88 Å². The number of nitriles is 1. The van der Waals surface area contributed by atoms with Crippen LogP contribution in [0.4, 0.5) is 19.6 Å². The zero-order valence-corrected chi connectivity index (χ0v) is 26.9. The van der Waals surface area contributed by atoms with Crippen LogP contribution in [0.3, 0.4) is 0 Å². The third-order valence-corrected chi connectivity index (χ3v) is 10.9. The molecule has 0 unspecified atom stereocenters. The largest absolute Gasteiger partial charge is 0.461 e. The molecule has 244 valence electrons. The van der Waals surface area contributed by atoms with Crippen LogP contribution in [0.25, 0.3) is 43.3 Å². The van der Waals surface area contributed by atoms with Crippen molar-refractivity contribution in [2.24, 2.45) is 7.05 Å². The normalized spacial score (nSPS) is 25.1. The maximum absolute atomic E-state index is 15.0. The molecular weight excluding hydrogens is 626 g/mol. The summed E-state index contributed by atoms with van der Waals surface area (Å²) in [6.45, 7) is 4.54. The van der Waals surface area contributed by atoms with Crippen LogP contribution in [0.5, 0.6) is 6.01 Å². The van der Waals surface area contributed by atoms with Crippen molar-refractivity contribution in [1.29, 1.82) is 5.26 Å². The number of ether oxygens (including phenoxy) is 2. The van der Waals surface area contributed by atoms with Crippen molar-refractivity contribution in [3.8, 4) is 23.3 Å². The third kappa shape index (κ3) is 4.78. The molecule has 3 aliphatic heterocycles. The molecule has 47 heavy (non-hydrogen) atoms. The van der Waals surface area contributed by atoms with Crippen LogP contribution in [0.1, 0.15) is 31.7 Å². The second kappa shape index (κ2) is 10.9. The standard InChI is InChI=1S/C33H34F2N8O3S/c1-32(44)15-42(10-11-45-16-32)30-24-20-6-8-38-25(19-4-5-22(35)27-23(19)21(13-36)28(37)47-27)26(20)41(2)29(24)39-31(40-30)46-17-33-7-3-9-43(33)14-18(34)12-33/h4-6,8,18,44H,3,7,9-12,14-17,37H2,1-2H3/t18-,32+,33+/m1/s1. The predicted octanol–water partition coefficient (Wildman–Crippen LogP) is 4.53. The van der Waals surface area contributed by atoms with E-state index in [0.717, 1.165) is 41.5 Å². The SMILES string of the molecule is Cn1c2nc(OC[C@@]34CCCN3C[C@H](F)C4)nc(N3CCOC[C@@](C)(O)C3)c2c2ccnc(-c3ccc(F)c4sc(N)c(C#N)c34)c21. The van der Waals surface area contributed by atoms with Crippen molar-refractivity contribution in [3.63, 3.8) is 0 Å². The van der Waals surface area contributed by atoms with Gasteiger partial charge >= 0.3 is 6.01 Å². The van der Waals surface area contributed by atoms with Gasteiger partial charge in [-0.2, -0.15) is 15.2 Å². The molecule has 8 rings (SSSR count). The van der Waals surface area contributed by atoms with Crippen LogP contribution < -0.4 is 15.4 Å². The summed E-state index contributed by atoms with van der Waals surface area (Å²) < 4.78 is 43.8. The smallest absolute Gasteiger partial charge is 0.320 e. The summed E-state index contributed by atoms with van der Waals surface area (Å²) in [4.78, 5) is 18.8. The van der Waals surface area contributed by atoms with Gasteiger partial charge < -0.3 is 29.8 Å². The summed E-state index contributed by atoms with van der Waals surface area (Å²) >= 11 is 1.04. The van der Waals surface area contributed by atoms with Crippen LogP contribution >= 0.6 is 11.3 Å². The number of nitrogens with two attached hydrogens (primary N) is 1. The number of aromatic nitrogens is 4. The molecule has 7 heterocycles. The fourth-order valence-electron chi connectivity index (χ4n) is 7.82. The second-order valence-corrected chi connectivity index (χ2v) is 14.3. The third-order valence-electron chi connectivity index (χ3n) is 9.86. The number of benzene rings is 1. The Balaban J connectivity index is 1.34. The molecule has 0 radical (unpaired) electrons. The number of hydrogen-bond donors (Lipinski definition) is 2. The maximum Gasteiger partial charge on any atom is 0.320 e. The molecule has 11 nitrogen and oxygen atoms in total. The van der Waals surface area contributed by atoms with Gasteiger partial charge in [0.2, 0.25) is 0 Å². The molecule has 3 saturated heterocycles. The van der Waals surface area contributed by atoms with Gasteiger partial charge in [0.25, 0.3) is 0 Å². The molecule has 0 aliphatic carbocycles. The van der Waals surface area contributed by atoms with Crippen LogP contribution in [-0.4, -0.2) is 92.8 Å². The van der Waals surface area contributed by atoms with Crippen molar-refractivity contribution in [1.82, 2.24) is 24.4 Å². The molecule has 0 saturated carbocycles. The van der Waals surface area contributed by atoms with E-state index in [9.17, 15) is 19.1 Å². The zero-order valence-electron chi connectivity index (χ0n) is 26.1. The number of nitrogen functional groups attached to an aromatic ring is 1. The average molecular weight is 661 g/mol. The Kier molecular flexibility index (Phi) is 7.03. The van der Waals surface area contributed by atoms with Crippen LogP contribution in [0, 0.1) is 17.1 Å². The highest BCUT2D eigenvalue weighted by Crippen LogP contribution is 2.45. The fourth-order valence-corrected chi connectivity index (χ4v) is 8.77. The molecule has 0 amide bonds. The Morgan fingerprint density at radius 1 is 1.26 bits per heavy atom. The molecular formula is C33H34F2N8O3S. The summed E-state index contributed by atoms with van der Waals surface area (Å²) in [5, 5.41) is 23.3. The lowest BCUT2D eigenvalue weighted by molar-refractivity contribution is -0.0123. The van der Waals surface area contributed by atoms with Gasteiger partial charge in [-0.05, 0) is 44.5 Å². The number of rotatable bonds is 5. The quantitative estimate of drug-likeness (QED) is 0.277. The molecule has 3 atom stereocenters. The van der Waals surface area contributed by atoms with Gasteiger partial charge in [-0.25, -0.2) is 8.78 Å². The number of aliphatic hydroxyl groups is 1. The highest BCUT2D eigenvalue weighted by Gasteiger charge is 2.49. The molecule has 4 aromatic heterocycles. The molecule has 5 aromatic rings. The molecule has 0 spiro atoms. The number of alkyl halides is 1. The minimum atomic E-state index is -1.14. The summed E-state index contributed by atoms with van der Waals surface area (Å²) in [6, 6.07) is 7.18. The van der Waals surface area contributed by atoms with Gasteiger partial charge in [-0.1, -0.05) is 0 Å². The van der Waals surface area contributed by atoms with Gasteiger partial charge in [-0.15, -0.1) is 11.3 Å². The minimum absolute atomic E-state index is 0.155. The highest BCUT2D eigenvalue weighted by atomic mass is 32.1. The number of β-amino-alcohol motifs (C(OH)–C–C–N with tert-alkyl or cyclic N) is 1. The first kappa shape index (κ1) is 30.2. The van der Waals surface area contributed by atoms with E-state index in [0.29, 0.717) is 64.4 Å². The lowest BCUT2D eigenvalue weighted by Crippen LogP contribution is -2.44. The molecule has 3 aliphatic rings. The molecule has 1 aromatic carbocycles.